The summed E-state index contributed by atoms with van der Waals surface area (Å²) < 4.78 is 44.4. The zero-order valence-corrected chi connectivity index (χ0v) is 41.7. The quantitative estimate of drug-likeness (QED) is 0.0692. The molecule has 0 fully saturated rings. The first-order valence-corrected chi connectivity index (χ1v) is 25.1. The van der Waals surface area contributed by atoms with Crippen LogP contribution in [0.15, 0.2) is 212 Å². The van der Waals surface area contributed by atoms with Crippen LogP contribution in [0.5, 0.6) is 51.7 Å². The number of rotatable bonds is 16. The molecule has 0 spiro atoms. The number of ketones is 2. The van der Waals surface area contributed by atoms with E-state index in [1.807, 2.05) is 91.0 Å². The fourth-order valence-corrected chi connectivity index (χ4v) is 9.46. The number of carbonyl (C=O) groups excluding carboxylic acids is 4. The van der Waals surface area contributed by atoms with Crippen LogP contribution < -0.4 is 33.2 Å². The number of phenols is 2. The Balaban J connectivity index is 1.02. The maximum atomic E-state index is 15.7. The second kappa shape index (κ2) is 22.4. The summed E-state index contributed by atoms with van der Waals surface area (Å²) >= 11 is 0. The highest BCUT2D eigenvalue weighted by atomic mass is 16.6. The highest BCUT2D eigenvalue weighted by molar-refractivity contribution is 6.10. The summed E-state index contributed by atoms with van der Waals surface area (Å²) in [5.41, 5.74) is 3.63. The Labute approximate surface area is 448 Å². The molecule has 0 amide bonds. The Bertz CT molecular complexity index is 3650. The minimum atomic E-state index is -1.44. The highest BCUT2D eigenvalue weighted by Crippen LogP contribution is 2.56. The molecule has 0 saturated heterocycles. The van der Waals surface area contributed by atoms with E-state index in [1.165, 1.54) is 12.1 Å². The molecule has 3 atom stereocenters. The van der Waals surface area contributed by atoms with E-state index in [9.17, 15) is 24.6 Å². The van der Waals surface area contributed by atoms with Crippen LogP contribution in [0, 0.1) is 0 Å². The lowest BCUT2D eigenvalue weighted by atomic mass is 9.78. The number of aromatic hydroxyl groups is 2. The van der Waals surface area contributed by atoms with Crippen molar-refractivity contribution in [3.05, 3.63) is 268 Å². The predicted molar refractivity (Wildman–Crippen MR) is 287 cm³/mol. The minimum absolute atomic E-state index is 0.00951. The molecule has 2 heterocycles. The van der Waals surface area contributed by atoms with Crippen LogP contribution in [0.25, 0.3) is 0 Å². The molecule has 0 saturated carbocycles. The molecule has 9 aromatic carbocycles. The molecule has 13 nitrogen and oxygen atoms in total. The molecule has 0 bridgehead atoms. The summed E-state index contributed by atoms with van der Waals surface area (Å²) in [7, 11) is 0. The van der Waals surface area contributed by atoms with E-state index in [0.29, 0.717) is 22.4 Å². The first-order chi connectivity index (χ1) is 38.1. The summed E-state index contributed by atoms with van der Waals surface area (Å²) in [6.07, 6.45) is -2.56. The van der Waals surface area contributed by atoms with Gasteiger partial charge in [-0.3, -0.25) is 9.59 Å². The first-order valence-electron chi connectivity index (χ1n) is 25.1. The molecule has 11 rings (SSSR count). The summed E-state index contributed by atoms with van der Waals surface area (Å²) in [6, 6.07) is 60.7. The number of Topliss-reactive ketones (excluding diaryl/α,β-unsaturated/α-hetero) is 2. The predicted octanol–water partition coefficient (Wildman–Crippen LogP) is 13.1. The van der Waals surface area contributed by atoms with Gasteiger partial charge in [-0.2, -0.15) is 0 Å². The molecule has 0 radical (unpaired) electrons. The zero-order valence-electron chi connectivity index (χ0n) is 41.7. The average Bonchev–Trinajstić information content (AvgIpc) is 3.60. The van der Waals surface area contributed by atoms with Gasteiger partial charge >= 0.3 is 11.9 Å². The van der Waals surface area contributed by atoms with Crippen molar-refractivity contribution >= 4 is 23.5 Å². The van der Waals surface area contributed by atoms with Crippen molar-refractivity contribution in [2.75, 3.05) is 0 Å². The number of hydrogen-bond donors (Lipinski definition) is 2. The van der Waals surface area contributed by atoms with Crippen molar-refractivity contribution in [3.63, 3.8) is 0 Å². The Hall–Kier alpha value is -10.1. The van der Waals surface area contributed by atoms with E-state index < -0.39 is 53.1 Å². The lowest BCUT2D eigenvalue weighted by Gasteiger charge is -2.37. The molecule has 2 N–H and O–H groups in total. The summed E-state index contributed by atoms with van der Waals surface area (Å²) in [6.45, 7) is 0.353. The zero-order chi connectivity index (χ0) is 53.5. The monoisotopic (exact) mass is 1040 g/mol. The molecular formula is C65H48O13. The van der Waals surface area contributed by atoms with Crippen molar-refractivity contribution in [3.8, 4) is 51.7 Å². The van der Waals surface area contributed by atoms with E-state index in [4.69, 9.17) is 33.2 Å². The van der Waals surface area contributed by atoms with Crippen molar-refractivity contribution in [1.82, 2.24) is 0 Å². The smallest absolute Gasteiger partial charge is 0.343 e. The average molecular weight is 1040 g/mol. The van der Waals surface area contributed by atoms with E-state index in [2.05, 4.69) is 0 Å². The lowest BCUT2D eigenvalue weighted by Crippen LogP contribution is -2.32. The standard InChI is InChI=1S/C65H48O13/c66-49-33-48(75-64(70)44-22-12-4-13-23-44)34-56-58(49)61(69)60(62(77-56)43-26-29-47(30-27-43)72-37-40-16-6-1-7-17-40)59-55(74-39-42-20-10-3-11-21-42)36-51(68)57-50(67)35-53(76-63(57)59)46-28-31-52(78-65(71)45-24-14-5-15-25-45)54(32-46)73-38-41-18-8-2-9-19-41/h1-34,36,53,60,62,66,68H,35,37-39H2. The maximum absolute atomic E-state index is 15.7. The second-order valence-corrected chi connectivity index (χ2v) is 18.6. The van der Waals surface area contributed by atoms with E-state index in [-0.39, 0.29) is 83.0 Å². The van der Waals surface area contributed by atoms with Gasteiger partial charge in [0, 0.05) is 18.2 Å². The topological polar surface area (TPSA) is 173 Å². The third kappa shape index (κ3) is 10.8. The molecular weight excluding hydrogens is 989 g/mol. The number of esters is 2. The van der Waals surface area contributed by atoms with Gasteiger partial charge in [-0.15, -0.1) is 0 Å². The van der Waals surface area contributed by atoms with Crippen molar-refractivity contribution in [2.24, 2.45) is 0 Å². The molecule has 0 aromatic heterocycles. The summed E-state index contributed by atoms with van der Waals surface area (Å²) in [5, 5.41) is 23.7. The first kappa shape index (κ1) is 50.0. The normalized spacial score (nSPS) is 15.4. The van der Waals surface area contributed by atoms with Gasteiger partial charge in [0.25, 0.3) is 0 Å². The van der Waals surface area contributed by atoms with Gasteiger partial charge < -0.3 is 43.4 Å². The van der Waals surface area contributed by atoms with Crippen LogP contribution in [-0.2, 0) is 19.8 Å². The van der Waals surface area contributed by atoms with Gasteiger partial charge in [0.2, 0.25) is 0 Å². The second-order valence-electron chi connectivity index (χ2n) is 18.6. The lowest BCUT2D eigenvalue weighted by molar-refractivity contribution is 0.0712. The van der Waals surface area contributed by atoms with E-state index in [1.54, 1.807) is 103 Å². The van der Waals surface area contributed by atoms with Crippen LogP contribution in [0.4, 0.5) is 0 Å². The highest BCUT2D eigenvalue weighted by Gasteiger charge is 2.47. The Kier molecular flexibility index (Phi) is 14.4. The van der Waals surface area contributed by atoms with Crippen LogP contribution >= 0.6 is 0 Å². The Morgan fingerprint density at radius 3 is 1.58 bits per heavy atom. The van der Waals surface area contributed by atoms with Crippen molar-refractivity contribution in [2.45, 2.75) is 44.4 Å². The van der Waals surface area contributed by atoms with Crippen molar-refractivity contribution in [1.29, 1.82) is 0 Å². The fraction of sp³-hybridized carbons (Fsp3) is 0.108. The molecule has 9 aromatic rings. The van der Waals surface area contributed by atoms with Crippen molar-refractivity contribution < 1.29 is 62.5 Å². The molecule has 0 aliphatic carbocycles. The van der Waals surface area contributed by atoms with E-state index in [0.717, 1.165) is 22.8 Å². The number of carbonyl (C=O) groups is 4. The third-order valence-corrected chi connectivity index (χ3v) is 13.3. The number of hydrogen-bond acceptors (Lipinski definition) is 13. The van der Waals surface area contributed by atoms with Gasteiger partial charge in [0.1, 0.15) is 83.4 Å². The number of benzene rings is 9. The third-order valence-electron chi connectivity index (χ3n) is 13.3. The molecule has 13 heteroatoms. The molecule has 3 unspecified atom stereocenters. The van der Waals surface area contributed by atoms with Crippen LogP contribution in [0.1, 0.15) is 99.4 Å². The largest absolute Gasteiger partial charge is 0.507 e. The Morgan fingerprint density at radius 1 is 0.474 bits per heavy atom. The number of fused-ring (bicyclic) bond motifs is 2. The summed E-state index contributed by atoms with van der Waals surface area (Å²) in [4.78, 5) is 57.1. The van der Waals surface area contributed by atoms with Crippen LogP contribution in [0.3, 0.4) is 0 Å². The molecule has 2 aliphatic heterocycles. The van der Waals surface area contributed by atoms with Gasteiger partial charge in [0.15, 0.2) is 23.1 Å². The molecule has 386 valence electrons. The summed E-state index contributed by atoms with van der Waals surface area (Å²) in [5.74, 6) is -4.48. The van der Waals surface area contributed by atoms with Gasteiger partial charge in [0.05, 0.1) is 29.0 Å². The number of phenolic OH excluding ortho intramolecular Hbond substituents is 2. The molecule has 78 heavy (non-hydrogen) atoms. The maximum Gasteiger partial charge on any atom is 0.343 e. The minimum Gasteiger partial charge on any atom is -0.507 e. The van der Waals surface area contributed by atoms with Crippen LogP contribution in [-0.4, -0.2) is 33.7 Å². The van der Waals surface area contributed by atoms with Gasteiger partial charge in [-0.1, -0.05) is 146 Å². The SMILES string of the molecule is O=C(Oc1cc(O)c2c(c1)OC(c1ccc(OCc3ccccc3)cc1)C(c1c(OCc3ccccc3)cc(O)c3c1OC(c1ccc(OC(=O)c4ccccc4)c(OCc4ccccc4)c1)CC3=O)C2=O)c1ccccc1. The van der Waals surface area contributed by atoms with E-state index >= 15 is 4.79 Å². The van der Waals surface area contributed by atoms with Crippen LogP contribution in [0.2, 0.25) is 0 Å². The van der Waals surface area contributed by atoms with Gasteiger partial charge in [-0.25, -0.2) is 9.59 Å². The fourth-order valence-electron chi connectivity index (χ4n) is 9.46. The number of ether oxygens (including phenoxy) is 7. The Morgan fingerprint density at radius 2 is 0.987 bits per heavy atom. The molecule has 2 aliphatic rings. The van der Waals surface area contributed by atoms with Gasteiger partial charge in [-0.05, 0) is 76.3 Å².